The van der Waals surface area contributed by atoms with Crippen LogP contribution in [0.3, 0.4) is 0 Å². The zero-order valence-electron chi connectivity index (χ0n) is 15.2. The van der Waals surface area contributed by atoms with Gasteiger partial charge in [-0.3, -0.25) is 19.3 Å². The van der Waals surface area contributed by atoms with Crippen molar-refractivity contribution in [1.82, 2.24) is 14.7 Å². The van der Waals surface area contributed by atoms with Crippen LogP contribution < -0.4 is 0 Å². The standard InChI is InChI=1S/C20H20ClN3O4/c21-15-5-3-14(4-6-15)19(26)24-12-16(17(25)13-24)22-7-9-23(10-8-22)20(27)18-2-1-11-28-18/h1-6,11,16H,7-10,12-13H2. The predicted molar refractivity (Wildman–Crippen MR) is 102 cm³/mol. The molecule has 0 radical (unpaired) electrons. The lowest BCUT2D eigenvalue weighted by Crippen LogP contribution is -2.54. The van der Waals surface area contributed by atoms with Crippen molar-refractivity contribution in [3.05, 3.63) is 59.0 Å². The summed E-state index contributed by atoms with van der Waals surface area (Å²) in [5.41, 5.74) is 0.520. The first-order chi connectivity index (χ1) is 13.5. The summed E-state index contributed by atoms with van der Waals surface area (Å²) in [5, 5.41) is 0.564. The van der Waals surface area contributed by atoms with E-state index in [1.807, 2.05) is 0 Å². The minimum Gasteiger partial charge on any atom is -0.459 e. The molecule has 0 N–H and O–H groups in total. The molecule has 3 heterocycles. The number of hydrogen-bond donors (Lipinski definition) is 0. The third-order valence-electron chi connectivity index (χ3n) is 5.26. The van der Waals surface area contributed by atoms with Crippen LogP contribution in [-0.4, -0.2) is 77.6 Å². The van der Waals surface area contributed by atoms with Crippen LogP contribution in [0.2, 0.25) is 5.02 Å². The second-order valence-electron chi connectivity index (χ2n) is 6.98. The van der Waals surface area contributed by atoms with Crippen molar-refractivity contribution in [3.63, 3.8) is 0 Å². The third-order valence-corrected chi connectivity index (χ3v) is 5.52. The summed E-state index contributed by atoms with van der Waals surface area (Å²) in [7, 11) is 0. The molecule has 1 atom stereocenters. The van der Waals surface area contributed by atoms with Gasteiger partial charge >= 0.3 is 0 Å². The average Bonchev–Trinajstić information content (AvgIpc) is 3.38. The number of rotatable bonds is 3. The van der Waals surface area contributed by atoms with Crippen LogP contribution in [-0.2, 0) is 4.79 Å². The Morgan fingerprint density at radius 1 is 0.964 bits per heavy atom. The van der Waals surface area contributed by atoms with Gasteiger partial charge in [0.25, 0.3) is 11.8 Å². The van der Waals surface area contributed by atoms with Crippen molar-refractivity contribution in [2.45, 2.75) is 6.04 Å². The summed E-state index contributed by atoms with van der Waals surface area (Å²) in [4.78, 5) is 42.9. The van der Waals surface area contributed by atoms with E-state index in [4.69, 9.17) is 16.0 Å². The number of halogens is 1. The molecule has 1 aromatic carbocycles. The molecule has 0 saturated carbocycles. The Morgan fingerprint density at radius 3 is 2.32 bits per heavy atom. The summed E-state index contributed by atoms with van der Waals surface area (Å²) in [6.45, 7) is 2.70. The van der Waals surface area contributed by atoms with Gasteiger partial charge in [-0.1, -0.05) is 11.6 Å². The molecule has 2 aliphatic heterocycles. The SMILES string of the molecule is O=C1CN(C(=O)c2ccc(Cl)cc2)CC1N1CCN(C(=O)c2ccco2)CC1. The lowest BCUT2D eigenvalue weighted by atomic mass is 10.1. The first kappa shape index (κ1) is 18.7. The van der Waals surface area contributed by atoms with Crippen molar-refractivity contribution in [3.8, 4) is 0 Å². The van der Waals surface area contributed by atoms with Crippen molar-refractivity contribution in [1.29, 1.82) is 0 Å². The van der Waals surface area contributed by atoms with E-state index in [1.165, 1.54) is 6.26 Å². The van der Waals surface area contributed by atoms with Gasteiger partial charge in [-0.2, -0.15) is 0 Å². The minimum atomic E-state index is -0.322. The van der Waals surface area contributed by atoms with Crippen LogP contribution >= 0.6 is 11.6 Å². The van der Waals surface area contributed by atoms with Gasteiger partial charge in [0.1, 0.15) is 0 Å². The van der Waals surface area contributed by atoms with Crippen molar-refractivity contribution in [2.24, 2.45) is 0 Å². The molecule has 2 aromatic rings. The fourth-order valence-corrected chi connectivity index (χ4v) is 3.84. The van der Waals surface area contributed by atoms with Crippen LogP contribution in [0.1, 0.15) is 20.9 Å². The van der Waals surface area contributed by atoms with Gasteiger partial charge in [-0.15, -0.1) is 0 Å². The normalized spacial score (nSPS) is 20.6. The Labute approximate surface area is 167 Å². The Balaban J connectivity index is 1.35. The molecule has 4 rings (SSSR count). The van der Waals surface area contributed by atoms with E-state index in [1.54, 1.807) is 46.2 Å². The summed E-state index contributed by atoms with van der Waals surface area (Å²) in [5.74, 6) is 0.0549. The molecular weight excluding hydrogens is 382 g/mol. The van der Waals surface area contributed by atoms with E-state index < -0.39 is 0 Å². The minimum absolute atomic E-state index is 0.0353. The number of carbonyl (C=O) groups is 3. The topological polar surface area (TPSA) is 74.1 Å². The number of hydrogen-bond acceptors (Lipinski definition) is 5. The Kier molecular flexibility index (Phi) is 5.19. The van der Waals surface area contributed by atoms with E-state index in [0.29, 0.717) is 49.1 Å². The predicted octanol–water partition coefficient (Wildman–Crippen LogP) is 1.78. The fraction of sp³-hybridized carbons (Fsp3) is 0.350. The van der Waals surface area contributed by atoms with E-state index in [2.05, 4.69) is 4.90 Å². The molecule has 146 valence electrons. The van der Waals surface area contributed by atoms with E-state index >= 15 is 0 Å². The van der Waals surface area contributed by atoms with Crippen LogP contribution in [0.4, 0.5) is 0 Å². The molecule has 2 aliphatic rings. The maximum absolute atomic E-state index is 12.7. The quantitative estimate of drug-likeness (QED) is 0.783. The first-order valence-electron chi connectivity index (χ1n) is 9.17. The summed E-state index contributed by atoms with van der Waals surface area (Å²) in [6.07, 6.45) is 1.48. The number of ketones is 1. The monoisotopic (exact) mass is 401 g/mol. The number of nitrogens with zero attached hydrogens (tertiary/aromatic N) is 3. The van der Waals surface area contributed by atoms with Crippen LogP contribution in [0.5, 0.6) is 0 Å². The van der Waals surface area contributed by atoms with Crippen LogP contribution in [0.15, 0.2) is 47.1 Å². The molecule has 7 nitrogen and oxygen atoms in total. The fourth-order valence-electron chi connectivity index (χ4n) is 3.71. The second-order valence-corrected chi connectivity index (χ2v) is 7.42. The van der Waals surface area contributed by atoms with Crippen molar-refractivity contribution < 1.29 is 18.8 Å². The number of likely N-dealkylation sites (tertiary alicyclic amines) is 1. The molecule has 1 aromatic heterocycles. The van der Waals surface area contributed by atoms with E-state index in [-0.39, 0.29) is 30.2 Å². The average molecular weight is 402 g/mol. The van der Waals surface area contributed by atoms with E-state index in [0.717, 1.165) is 0 Å². The molecule has 0 aliphatic carbocycles. The largest absolute Gasteiger partial charge is 0.459 e. The highest BCUT2D eigenvalue weighted by atomic mass is 35.5. The van der Waals surface area contributed by atoms with Gasteiger partial charge in [-0.25, -0.2) is 0 Å². The summed E-state index contributed by atoms with van der Waals surface area (Å²) >= 11 is 5.87. The summed E-state index contributed by atoms with van der Waals surface area (Å²) in [6, 6.07) is 9.68. The first-order valence-corrected chi connectivity index (χ1v) is 9.55. The number of piperazine rings is 1. The maximum Gasteiger partial charge on any atom is 0.289 e. The molecular formula is C20H20ClN3O4. The molecule has 1 unspecified atom stereocenters. The van der Waals surface area contributed by atoms with Gasteiger partial charge in [0.15, 0.2) is 11.5 Å². The van der Waals surface area contributed by atoms with Crippen molar-refractivity contribution >= 4 is 29.2 Å². The van der Waals surface area contributed by atoms with Crippen molar-refractivity contribution in [2.75, 3.05) is 39.3 Å². The van der Waals surface area contributed by atoms with Gasteiger partial charge in [-0.05, 0) is 36.4 Å². The molecule has 2 saturated heterocycles. The lowest BCUT2D eigenvalue weighted by Gasteiger charge is -2.36. The Bertz CT molecular complexity index is 873. The highest BCUT2D eigenvalue weighted by Gasteiger charge is 2.39. The number of amides is 2. The number of Topliss-reactive ketones (excluding diaryl/α,β-unsaturated/α-hetero) is 1. The van der Waals surface area contributed by atoms with Gasteiger partial charge in [0.05, 0.1) is 18.8 Å². The van der Waals surface area contributed by atoms with Crippen LogP contribution in [0, 0.1) is 0 Å². The van der Waals surface area contributed by atoms with Gasteiger partial charge in [0.2, 0.25) is 0 Å². The third kappa shape index (κ3) is 3.68. The van der Waals surface area contributed by atoms with Gasteiger partial charge in [0, 0.05) is 43.3 Å². The Morgan fingerprint density at radius 2 is 1.68 bits per heavy atom. The molecule has 8 heteroatoms. The zero-order chi connectivity index (χ0) is 19.7. The highest BCUT2D eigenvalue weighted by Crippen LogP contribution is 2.19. The zero-order valence-corrected chi connectivity index (χ0v) is 16.0. The number of benzene rings is 1. The maximum atomic E-state index is 12.7. The molecule has 0 spiro atoms. The van der Waals surface area contributed by atoms with E-state index in [9.17, 15) is 14.4 Å². The highest BCUT2D eigenvalue weighted by molar-refractivity contribution is 6.30. The molecule has 0 bridgehead atoms. The van der Waals surface area contributed by atoms with Crippen LogP contribution in [0.25, 0.3) is 0 Å². The molecule has 2 fully saturated rings. The smallest absolute Gasteiger partial charge is 0.289 e. The lowest BCUT2D eigenvalue weighted by molar-refractivity contribution is -0.121. The number of carbonyl (C=O) groups excluding carboxylic acids is 3. The summed E-state index contributed by atoms with van der Waals surface area (Å²) < 4.78 is 5.17. The second kappa shape index (κ2) is 7.77. The molecule has 2 amide bonds. The number of furan rings is 1. The molecule has 28 heavy (non-hydrogen) atoms. The van der Waals surface area contributed by atoms with Gasteiger partial charge < -0.3 is 14.2 Å². The Hall–Kier alpha value is -2.64.